The maximum atomic E-state index is 4.77. The molecule has 0 aliphatic carbocycles. The molecule has 4 rings (SSSR count). The molecule has 4 aromatic rings. The van der Waals surface area contributed by atoms with Crippen molar-refractivity contribution >= 4 is 17.5 Å². The van der Waals surface area contributed by atoms with E-state index in [1.165, 1.54) is 10.8 Å². The van der Waals surface area contributed by atoms with Gasteiger partial charge in [0, 0.05) is 5.56 Å². The lowest BCUT2D eigenvalue weighted by molar-refractivity contribution is 0.310. The molecule has 10 heteroatoms. The van der Waals surface area contributed by atoms with Gasteiger partial charge in [-0.2, -0.15) is 4.52 Å². The number of nitrogens with one attached hydrogen (secondary N) is 1. The molecule has 0 atom stereocenters. The smallest absolute Gasteiger partial charge is 0.290 e. The van der Waals surface area contributed by atoms with Gasteiger partial charge in [-0.25, -0.2) is 4.63 Å². The molecule has 10 nitrogen and oxygen atoms in total. The average Bonchev–Trinajstić information content (AvgIpc) is 3.16. The number of hydrogen-bond acceptors (Lipinski definition) is 9. The van der Waals surface area contributed by atoms with Crippen LogP contribution >= 0.6 is 0 Å². The normalized spacial score (nSPS) is 10.9. The number of fused-ring (bicyclic) bond motifs is 1. The number of anilines is 2. The van der Waals surface area contributed by atoms with Gasteiger partial charge in [0.05, 0.1) is 0 Å². The molecule has 0 aliphatic rings. The molecule has 1 N–H and O–H groups in total. The van der Waals surface area contributed by atoms with Gasteiger partial charge in [-0.05, 0) is 10.3 Å². The van der Waals surface area contributed by atoms with Crippen LogP contribution in [0.3, 0.4) is 0 Å². The van der Waals surface area contributed by atoms with E-state index in [1.54, 1.807) is 0 Å². The van der Waals surface area contributed by atoms with Gasteiger partial charge in [0.15, 0.2) is 5.69 Å². The van der Waals surface area contributed by atoms with Crippen molar-refractivity contribution in [3.63, 3.8) is 0 Å². The Bertz CT molecular complexity index is 885. The zero-order chi connectivity index (χ0) is 14.1. The highest BCUT2D eigenvalue weighted by molar-refractivity contribution is 5.72. The number of rotatable bonds is 3. The summed E-state index contributed by atoms with van der Waals surface area (Å²) in [5.41, 5.74) is 1.42. The van der Waals surface area contributed by atoms with E-state index in [2.05, 4.69) is 41.1 Å². The second-order valence-corrected chi connectivity index (χ2v) is 4.05. The molecule has 21 heavy (non-hydrogen) atoms. The minimum Gasteiger partial charge on any atom is -0.301 e. The zero-order valence-electron chi connectivity index (χ0n) is 10.5. The van der Waals surface area contributed by atoms with Crippen LogP contribution < -0.4 is 5.32 Å². The highest BCUT2D eigenvalue weighted by atomic mass is 16.6. The quantitative estimate of drug-likeness (QED) is 0.578. The van der Waals surface area contributed by atoms with Crippen LogP contribution in [0.2, 0.25) is 0 Å². The summed E-state index contributed by atoms with van der Waals surface area (Å²) in [4.78, 5) is 0. The second kappa shape index (κ2) is 4.59. The minimum atomic E-state index is 0.232. The Balaban J connectivity index is 1.70. The third-order valence-electron chi connectivity index (χ3n) is 2.72. The fourth-order valence-corrected chi connectivity index (χ4v) is 1.79. The molecule has 0 amide bonds. The number of hydrogen-bond donors (Lipinski definition) is 1. The van der Waals surface area contributed by atoms with E-state index in [0.717, 1.165) is 5.56 Å². The molecule has 0 unspecified atom stereocenters. The maximum absolute atomic E-state index is 4.77. The summed E-state index contributed by atoms with van der Waals surface area (Å²) in [6, 6.07) is 9.50. The maximum Gasteiger partial charge on any atom is 0.290 e. The average molecular weight is 281 g/mol. The Morgan fingerprint density at radius 1 is 1.00 bits per heavy atom. The molecule has 102 valence electrons. The lowest BCUT2D eigenvalue weighted by Gasteiger charge is -2.01. The first-order valence-corrected chi connectivity index (χ1v) is 5.96. The summed E-state index contributed by atoms with van der Waals surface area (Å²) in [5, 5.41) is 29.9. The van der Waals surface area contributed by atoms with Crippen LogP contribution in [0.15, 0.2) is 41.3 Å². The van der Waals surface area contributed by atoms with Crippen LogP contribution in [-0.4, -0.2) is 40.3 Å². The molecule has 0 aliphatic heterocycles. The highest BCUT2D eigenvalue weighted by Gasteiger charge is 2.14. The number of aromatic nitrogens is 8. The SMILES string of the molecule is c1ccc(-c2nonc2Nc2nnc3nncn3n2)cc1. The van der Waals surface area contributed by atoms with E-state index in [-0.39, 0.29) is 5.95 Å². The molecule has 3 heterocycles. The predicted octanol–water partition coefficient (Wildman–Crippen LogP) is 0.708. The van der Waals surface area contributed by atoms with Gasteiger partial charge >= 0.3 is 0 Å². The Morgan fingerprint density at radius 3 is 2.81 bits per heavy atom. The van der Waals surface area contributed by atoms with Crippen molar-refractivity contribution in [2.45, 2.75) is 0 Å². The standard InChI is InChI=1S/C11H7N9O/c1-2-4-7(5-3-1)8-9(19-21-18-8)13-10-14-16-11-15-12-6-20(11)17-10/h1-6H,(H,13,17,19). The summed E-state index contributed by atoms with van der Waals surface area (Å²) in [5.74, 6) is 0.938. The first-order chi connectivity index (χ1) is 10.4. The first-order valence-electron chi connectivity index (χ1n) is 5.96. The van der Waals surface area contributed by atoms with Crippen molar-refractivity contribution in [1.82, 2.24) is 40.3 Å². The van der Waals surface area contributed by atoms with Crippen LogP contribution in [-0.2, 0) is 0 Å². The van der Waals surface area contributed by atoms with Crippen molar-refractivity contribution in [3.8, 4) is 11.3 Å². The number of benzene rings is 1. The van der Waals surface area contributed by atoms with Gasteiger partial charge in [0.2, 0.25) is 5.82 Å². The van der Waals surface area contributed by atoms with Crippen molar-refractivity contribution in [1.29, 1.82) is 0 Å². The van der Waals surface area contributed by atoms with Gasteiger partial charge in [-0.15, -0.1) is 25.5 Å². The summed E-state index contributed by atoms with van der Waals surface area (Å²) >= 11 is 0. The van der Waals surface area contributed by atoms with Crippen molar-refractivity contribution < 1.29 is 4.63 Å². The third kappa shape index (κ3) is 2.04. The molecule has 0 fully saturated rings. The number of nitrogens with zero attached hydrogens (tertiary/aromatic N) is 8. The zero-order valence-corrected chi connectivity index (χ0v) is 10.5. The van der Waals surface area contributed by atoms with Crippen LogP contribution in [0.4, 0.5) is 11.8 Å². The largest absolute Gasteiger partial charge is 0.301 e. The van der Waals surface area contributed by atoms with Crippen molar-refractivity contribution in [3.05, 3.63) is 36.7 Å². The summed E-state index contributed by atoms with van der Waals surface area (Å²) in [6.07, 6.45) is 1.42. The lowest BCUT2D eigenvalue weighted by Crippen LogP contribution is -2.04. The summed E-state index contributed by atoms with van der Waals surface area (Å²) in [6.45, 7) is 0. The molecular formula is C11H7N9O. The lowest BCUT2D eigenvalue weighted by atomic mass is 10.1. The van der Waals surface area contributed by atoms with Crippen molar-refractivity contribution in [2.24, 2.45) is 0 Å². The topological polar surface area (TPSA) is 120 Å². The van der Waals surface area contributed by atoms with Crippen LogP contribution in [0.1, 0.15) is 0 Å². The van der Waals surface area contributed by atoms with E-state index in [1.807, 2.05) is 30.3 Å². The first kappa shape index (κ1) is 11.4. The monoisotopic (exact) mass is 281 g/mol. The molecule has 1 aromatic carbocycles. The summed E-state index contributed by atoms with van der Waals surface area (Å²) < 4.78 is 6.17. The highest BCUT2D eigenvalue weighted by Crippen LogP contribution is 2.25. The van der Waals surface area contributed by atoms with Crippen LogP contribution in [0.25, 0.3) is 17.0 Å². The predicted molar refractivity (Wildman–Crippen MR) is 69.4 cm³/mol. The third-order valence-corrected chi connectivity index (χ3v) is 2.72. The van der Waals surface area contributed by atoms with E-state index in [4.69, 9.17) is 4.63 Å². The molecule has 0 radical (unpaired) electrons. The van der Waals surface area contributed by atoms with Gasteiger partial charge in [0.25, 0.3) is 11.7 Å². The van der Waals surface area contributed by atoms with E-state index in [0.29, 0.717) is 17.3 Å². The van der Waals surface area contributed by atoms with Crippen LogP contribution in [0.5, 0.6) is 0 Å². The Labute approximate surface area is 116 Å². The van der Waals surface area contributed by atoms with E-state index < -0.39 is 0 Å². The Kier molecular flexibility index (Phi) is 2.49. The minimum absolute atomic E-state index is 0.232. The van der Waals surface area contributed by atoms with E-state index in [9.17, 15) is 0 Å². The van der Waals surface area contributed by atoms with Gasteiger partial charge in [0.1, 0.15) is 6.33 Å². The van der Waals surface area contributed by atoms with Crippen LogP contribution in [0, 0.1) is 0 Å². The molecule has 0 saturated carbocycles. The Morgan fingerprint density at radius 2 is 1.90 bits per heavy atom. The fraction of sp³-hybridized carbons (Fsp3) is 0. The fourth-order valence-electron chi connectivity index (χ4n) is 1.79. The molecular weight excluding hydrogens is 274 g/mol. The summed E-state index contributed by atoms with van der Waals surface area (Å²) in [7, 11) is 0. The van der Waals surface area contributed by atoms with Gasteiger partial charge in [-0.3, -0.25) is 0 Å². The van der Waals surface area contributed by atoms with Crippen molar-refractivity contribution in [2.75, 3.05) is 5.32 Å². The molecule has 0 bridgehead atoms. The van der Waals surface area contributed by atoms with Gasteiger partial charge in [-0.1, -0.05) is 30.3 Å². The second-order valence-electron chi connectivity index (χ2n) is 4.05. The van der Waals surface area contributed by atoms with E-state index >= 15 is 0 Å². The van der Waals surface area contributed by atoms with Gasteiger partial charge < -0.3 is 5.32 Å². The Hall–Kier alpha value is -3.43. The molecule has 0 saturated heterocycles. The molecule has 3 aromatic heterocycles. The molecule has 0 spiro atoms.